The SMILES string of the molecule is CNCc1ccc(SCc2ccc(OC)cc2F)cc1. The van der Waals surface area contributed by atoms with Gasteiger partial charge in [-0.25, -0.2) is 4.39 Å². The first-order valence-electron chi connectivity index (χ1n) is 6.41. The van der Waals surface area contributed by atoms with Gasteiger partial charge in [-0.3, -0.25) is 0 Å². The molecule has 4 heteroatoms. The molecule has 0 spiro atoms. The lowest BCUT2D eigenvalue weighted by Crippen LogP contribution is -2.04. The van der Waals surface area contributed by atoms with E-state index in [-0.39, 0.29) is 5.82 Å². The Balaban J connectivity index is 1.97. The molecule has 0 aliphatic heterocycles. The largest absolute Gasteiger partial charge is 0.497 e. The maximum absolute atomic E-state index is 13.8. The highest BCUT2D eigenvalue weighted by Crippen LogP contribution is 2.26. The molecule has 0 saturated carbocycles. The van der Waals surface area contributed by atoms with Crippen LogP contribution >= 0.6 is 11.8 Å². The molecule has 0 saturated heterocycles. The summed E-state index contributed by atoms with van der Waals surface area (Å²) in [4.78, 5) is 1.14. The van der Waals surface area contributed by atoms with Crippen molar-refractivity contribution in [2.45, 2.75) is 17.2 Å². The molecule has 0 fully saturated rings. The maximum atomic E-state index is 13.8. The van der Waals surface area contributed by atoms with Crippen molar-refractivity contribution in [1.82, 2.24) is 5.32 Å². The average molecular weight is 291 g/mol. The summed E-state index contributed by atoms with van der Waals surface area (Å²) in [6, 6.07) is 13.3. The highest BCUT2D eigenvalue weighted by Gasteiger charge is 2.05. The topological polar surface area (TPSA) is 21.3 Å². The van der Waals surface area contributed by atoms with Crippen LogP contribution in [0.5, 0.6) is 5.75 Å². The van der Waals surface area contributed by atoms with Crippen LogP contribution in [0.3, 0.4) is 0 Å². The monoisotopic (exact) mass is 291 g/mol. The minimum absolute atomic E-state index is 0.219. The summed E-state index contributed by atoms with van der Waals surface area (Å²) in [7, 11) is 3.46. The van der Waals surface area contributed by atoms with E-state index < -0.39 is 0 Å². The normalized spacial score (nSPS) is 10.6. The molecule has 2 nitrogen and oxygen atoms in total. The van der Waals surface area contributed by atoms with Gasteiger partial charge in [0, 0.05) is 23.3 Å². The van der Waals surface area contributed by atoms with Gasteiger partial charge < -0.3 is 10.1 Å². The third kappa shape index (κ3) is 3.99. The molecule has 1 N–H and O–H groups in total. The highest BCUT2D eigenvalue weighted by molar-refractivity contribution is 7.98. The Labute approximate surface area is 123 Å². The van der Waals surface area contributed by atoms with Crippen molar-refractivity contribution < 1.29 is 9.13 Å². The number of methoxy groups -OCH3 is 1. The van der Waals surface area contributed by atoms with Crippen LogP contribution in [0.4, 0.5) is 4.39 Å². The Morgan fingerprint density at radius 1 is 1.15 bits per heavy atom. The van der Waals surface area contributed by atoms with Crippen LogP contribution in [0.2, 0.25) is 0 Å². The van der Waals surface area contributed by atoms with Crippen LogP contribution in [-0.2, 0) is 12.3 Å². The van der Waals surface area contributed by atoms with Gasteiger partial charge in [0.05, 0.1) is 7.11 Å². The van der Waals surface area contributed by atoms with Crippen LogP contribution in [0.15, 0.2) is 47.4 Å². The summed E-state index contributed by atoms with van der Waals surface area (Å²) >= 11 is 1.63. The molecule has 0 amide bonds. The van der Waals surface area contributed by atoms with E-state index in [0.29, 0.717) is 17.1 Å². The maximum Gasteiger partial charge on any atom is 0.130 e. The summed E-state index contributed by atoms with van der Waals surface area (Å²) in [5.74, 6) is 0.942. The number of hydrogen-bond acceptors (Lipinski definition) is 3. The first-order chi connectivity index (χ1) is 9.72. The van der Waals surface area contributed by atoms with E-state index in [1.165, 1.54) is 18.7 Å². The molecule has 0 bridgehead atoms. The van der Waals surface area contributed by atoms with E-state index in [9.17, 15) is 4.39 Å². The Morgan fingerprint density at radius 2 is 1.90 bits per heavy atom. The molecule has 106 valence electrons. The van der Waals surface area contributed by atoms with E-state index >= 15 is 0 Å². The summed E-state index contributed by atoms with van der Waals surface area (Å²) in [5.41, 5.74) is 1.93. The van der Waals surface area contributed by atoms with Crippen molar-refractivity contribution in [3.05, 3.63) is 59.4 Å². The number of ether oxygens (including phenoxy) is 1. The zero-order chi connectivity index (χ0) is 14.4. The van der Waals surface area contributed by atoms with Gasteiger partial charge in [0.25, 0.3) is 0 Å². The molecule has 0 atom stereocenters. The molecular formula is C16H18FNOS. The van der Waals surface area contributed by atoms with Crippen molar-refractivity contribution >= 4 is 11.8 Å². The average Bonchev–Trinajstić information content (AvgIpc) is 2.48. The van der Waals surface area contributed by atoms with Gasteiger partial charge in [-0.1, -0.05) is 18.2 Å². The highest BCUT2D eigenvalue weighted by atomic mass is 32.2. The minimum atomic E-state index is -0.219. The summed E-state index contributed by atoms with van der Waals surface area (Å²) in [6.07, 6.45) is 0. The molecule has 2 aromatic rings. The zero-order valence-corrected chi connectivity index (χ0v) is 12.5. The van der Waals surface area contributed by atoms with Gasteiger partial charge in [-0.2, -0.15) is 0 Å². The van der Waals surface area contributed by atoms with E-state index in [1.54, 1.807) is 23.9 Å². The van der Waals surface area contributed by atoms with Gasteiger partial charge in [0.1, 0.15) is 11.6 Å². The quantitative estimate of drug-likeness (QED) is 0.817. The van der Waals surface area contributed by atoms with Crippen molar-refractivity contribution in [2.75, 3.05) is 14.2 Å². The molecule has 0 radical (unpaired) electrons. The van der Waals surface area contributed by atoms with Crippen LogP contribution in [0, 0.1) is 5.82 Å². The Morgan fingerprint density at radius 3 is 2.50 bits per heavy atom. The molecule has 0 aromatic heterocycles. The lowest BCUT2D eigenvalue weighted by atomic mass is 10.2. The number of rotatable bonds is 6. The lowest BCUT2D eigenvalue weighted by molar-refractivity contribution is 0.411. The van der Waals surface area contributed by atoms with Crippen molar-refractivity contribution in [2.24, 2.45) is 0 Å². The lowest BCUT2D eigenvalue weighted by Gasteiger charge is -2.06. The smallest absolute Gasteiger partial charge is 0.130 e. The van der Waals surface area contributed by atoms with Gasteiger partial charge in [-0.05, 0) is 36.4 Å². The zero-order valence-electron chi connectivity index (χ0n) is 11.7. The predicted octanol–water partition coefficient (Wildman–Crippen LogP) is 3.85. The van der Waals surface area contributed by atoms with Crippen molar-refractivity contribution in [3.63, 3.8) is 0 Å². The second-order valence-corrected chi connectivity index (χ2v) is 5.47. The van der Waals surface area contributed by atoms with E-state index in [0.717, 1.165) is 11.4 Å². The van der Waals surface area contributed by atoms with Gasteiger partial charge in [0.2, 0.25) is 0 Å². The molecule has 0 aliphatic carbocycles. The Hall–Kier alpha value is -1.52. The number of nitrogens with one attached hydrogen (secondary N) is 1. The number of benzene rings is 2. The van der Waals surface area contributed by atoms with Crippen LogP contribution in [0.25, 0.3) is 0 Å². The number of halogens is 1. The molecule has 0 heterocycles. The molecule has 0 aliphatic rings. The standard InChI is InChI=1S/C16H18FNOS/c1-18-10-12-3-7-15(8-4-12)20-11-13-5-6-14(19-2)9-16(13)17/h3-9,18H,10-11H2,1-2H3. The predicted molar refractivity (Wildman–Crippen MR) is 81.7 cm³/mol. The summed E-state index contributed by atoms with van der Waals surface area (Å²) in [6.45, 7) is 0.859. The first kappa shape index (κ1) is 14.9. The molecule has 2 aromatic carbocycles. The number of thioether (sulfide) groups is 1. The van der Waals surface area contributed by atoms with Gasteiger partial charge >= 0.3 is 0 Å². The first-order valence-corrected chi connectivity index (χ1v) is 7.40. The van der Waals surface area contributed by atoms with Crippen molar-refractivity contribution in [3.8, 4) is 5.75 Å². The molecular weight excluding hydrogens is 273 g/mol. The van der Waals surface area contributed by atoms with E-state index in [1.807, 2.05) is 7.05 Å². The van der Waals surface area contributed by atoms with Crippen LogP contribution in [-0.4, -0.2) is 14.2 Å². The summed E-state index contributed by atoms with van der Waals surface area (Å²) in [5, 5.41) is 3.11. The fourth-order valence-electron chi connectivity index (χ4n) is 1.84. The fraction of sp³-hybridized carbons (Fsp3) is 0.250. The molecule has 2 rings (SSSR count). The minimum Gasteiger partial charge on any atom is -0.497 e. The van der Waals surface area contributed by atoms with Crippen molar-refractivity contribution in [1.29, 1.82) is 0 Å². The van der Waals surface area contributed by atoms with Crippen LogP contribution in [0.1, 0.15) is 11.1 Å². The Kier molecular flexibility index (Phi) is 5.44. The molecule has 0 unspecified atom stereocenters. The molecule has 20 heavy (non-hydrogen) atoms. The van der Waals surface area contributed by atoms with Gasteiger partial charge in [-0.15, -0.1) is 11.8 Å². The fourth-order valence-corrected chi connectivity index (χ4v) is 2.73. The van der Waals surface area contributed by atoms with Gasteiger partial charge in [0.15, 0.2) is 0 Å². The third-order valence-electron chi connectivity index (χ3n) is 2.96. The Bertz CT molecular complexity index is 557. The number of hydrogen-bond donors (Lipinski definition) is 1. The second kappa shape index (κ2) is 7.31. The summed E-state index contributed by atoms with van der Waals surface area (Å²) < 4.78 is 18.8. The van der Waals surface area contributed by atoms with E-state index in [2.05, 4.69) is 29.6 Å². The third-order valence-corrected chi connectivity index (χ3v) is 4.02. The second-order valence-electron chi connectivity index (χ2n) is 4.42. The van der Waals surface area contributed by atoms with Crippen LogP contribution < -0.4 is 10.1 Å². The van der Waals surface area contributed by atoms with E-state index in [4.69, 9.17) is 4.74 Å².